The summed E-state index contributed by atoms with van der Waals surface area (Å²) in [5.41, 5.74) is 0. The number of carboxylic acid groups (broad SMARTS) is 1. The van der Waals surface area contributed by atoms with E-state index >= 15 is 0 Å². The maximum absolute atomic E-state index is 10.8. The Hall–Kier alpha value is -0.900. The number of hydrogen-bond acceptors (Lipinski definition) is 3. The van der Waals surface area contributed by atoms with Gasteiger partial charge in [0.2, 0.25) is 0 Å². The van der Waals surface area contributed by atoms with E-state index in [0.29, 0.717) is 19.4 Å². The van der Waals surface area contributed by atoms with Gasteiger partial charge in [-0.3, -0.25) is 0 Å². The van der Waals surface area contributed by atoms with Gasteiger partial charge < -0.3 is 14.6 Å². The van der Waals surface area contributed by atoms with Gasteiger partial charge in [-0.1, -0.05) is 13.3 Å². The van der Waals surface area contributed by atoms with Gasteiger partial charge in [-0.05, 0) is 25.7 Å². The number of aliphatic carboxylic acids is 1. The molecule has 0 radical (unpaired) electrons. The SMILES string of the molecule is CCCCOC(CCCCC=O)C(=O)O. The highest BCUT2D eigenvalue weighted by Gasteiger charge is 2.16. The zero-order valence-corrected chi connectivity index (χ0v) is 9.28. The Labute approximate surface area is 90.6 Å². The molecule has 0 aliphatic rings. The van der Waals surface area contributed by atoms with E-state index in [4.69, 9.17) is 9.84 Å². The molecule has 1 unspecified atom stereocenters. The van der Waals surface area contributed by atoms with Crippen LogP contribution in [-0.2, 0) is 14.3 Å². The molecule has 4 heteroatoms. The van der Waals surface area contributed by atoms with Crippen LogP contribution in [0.25, 0.3) is 0 Å². The molecule has 0 aliphatic carbocycles. The van der Waals surface area contributed by atoms with Gasteiger partial charge in [0.1, 0.15) is 6.29 Å². The molecule has 0 rings (SSSR count). The summed E-state index contributed by atoms with van der Waals surface area (Å²) in [6.45, 7) is 2.53. The number of carbonyl (C=O) groups is 2. The van der Waals surface area contributed by atoms with Crippen LogP contribution in [0.2, 0.25) is 0 Å². The van der Waals surface area contributed by atoms with Crippen molar-refractivity contribution >= 4 is 12.3 Å². The average molecular weight is 216 g/mol. The molecule has 88 valence electrons. The van der Waals surface area contributed by atoms with Crippen LogP contribution in [0, 0.1) is 0 Å². The third-order valence-corrected chi connectivity index (χ3v) is 2.13. The lowest BCUT2D eigenvalue weighted by atomic mass is 10.1. The van der Waals surface area contributed by atoms with Gasteiger partial charge in [0.15, 0.2) is 6.10 Å². The van der Waals surface area contributed by atoms with Crippen molar-refractivity contribution in [1.29, 1.82) is 0 Å². The summed E-state index contributed by atoms with van der Waals surface area (Å²) in [7, 11) is 0. The lowest BCUT2D eigenvalue weighted by molar-refractivity contribution is -0.151. The highest BCUT2D eigenvalue weighted by molar-refractivity contribution is 5.72. The molecule has 0 fully saturated rings. The molecule has 0 aromatic heterocycles. The second kappa shape index (κ2) is 9.65. The molecule has 0 aromatic rings. The van der Waals surface area contributed by atoms with Crippen LogP contribution in [0.15, 0.2) is 0 Å². The number of carboxylic acids is 1. The molecule has 0 aliphatic heterocycles. The zero-order chi connectivity index (χ0) is 11.5. The molecular formula is C11H20O4. The average Bonchev–Trinajstić information content (AvgIpc) is 2.21. The molecule has 0 heterocycles. The first-order valence-electron chi connectivity index (χ1n) is 5.50. The monoisotopic (exact) mass is 216 g/mol. The van der Waals surface area contributed by atoms with Crippen molar-refractivity contribution in [2.75, 3.05) is 6.61 Å². The van der Waals surface area contributed by atoms with Crippen molar-refractivity contribution in [2.24, 2.45) is 0 Å². The summed E-state index contributed by atoms with van der Waals surface area (Å²) in [4.78, 5) is 20.8. The van der Waals surface area contributed by atoms with E-state index in [1.54, 1.807) is 0 Å². The number of rotatable bonds is 10. The molecule has 0 spiro atoms. The predicted octanol–water partition coefficient (Wildman–Crippen LogP) is 2.02. The molecular weight excluding hydrogens is 196 g/mol. The second-order valence-corrected chi connectivity index (χ2v) is 3.50. The van der Waals surface area contributed by atoms with Gasteiger partial charge in [0, 0.05) is 13.0 Å². The van der Waals surface area contributed by atoms with Crippen molar-refractivity contribution in [3.63, 3.8) is 0 Å². The molecule has 15 heavy (non-hydrogen) atoms. The third kappa shape index (κ3) is 8.12. The van der Waals surface area contributed by atoms with Gasteiger partial charge in [-0.25, -0.2) is 4.79 Å². The van der Waals surface area contributed by atoms with Crippen LogP contribution < -0.4 is 0 Å². The number of aldehydes is 1. The van der Waals surface area contributed by atoms with E-state index in [9.17, 15) is 9.59 Å². The number of carbonyl (C=O) groups excluding carboxylic acids is 1. The fourth-order valence-corrected chi connectivity index (χ4v) is 1.21. The zero-order valence-electron chi connectivity index (χ0n) is 9.28. The van der Waals surface area contributed by atoms with E-state index in [1.807, 2.05) is 6.92 Å². The van der Waals surface area contributed by atoms with Crippen molar-refractivity contribution in [2.45, 2.75) is 51.6 Å². The van der Waals surface area contributed by atoms with Gasteiger partial charge in [-0.2, -0.15) is 0 Å². The Kier molecular flexibility index (Phi) is 9.07. The minimum atomic E-state index is -0.905. The quantitative estimate of drug-likeness (QED) is 0.448. The van der Waals surface area contributed by atoms with Gasteiger partial charge in [0.25, 0.3) is 0 Å². The largest absolute Gasteiger partial charge is 0.479 e. The maximum Gasteiger partial charge on any atom is 0.332 e. The third-order valence-electron chi connectivity index (χ3n) is 2.13. The summed E-state index contributed by atoms with van der Waals surface area (Å²) < 4.78 is 5.24. The number of unbranched alkanes of at least 4 members (excludes halogenated alkanes) is 3. The van der Waals surface area contributed by atoms with Crippen molar-refractivity contribution in [3.8, 4) is 0 Å². The Balaban J connectivity index is 3.63. The van der Waals surface area contributed by atoms with Crippen molar-refractivity contribution in [3.05, 3.63) is 0 Å². The lowest BCUT2D eigenvalue weighted by Crippen LogP contribution is -2.24. The van der Waals surface area contributed by atoms with E-state index in [-0.39, 0.29) is 0 Å². The first-order valence-corrected chi connectivity index (χ1v) is 5.50. The Morgan fingerprint density at radius 2 is 2.13 bits per heavy atom. The molecule has 0 aromatic carbocycles. The molecule has 4 nitrogen and oxygen atoms in total. The summed E-state index contributed by atoms with van der Waals surface area (Å²) in [5.74, 6) is -0.905. The Morgan fingerprint density at radius 1 is 1.40 bits per heavy atom. The second-order valence-electron chi connectivity index (χ2n) is 3.50. The van der Waals surface area contributed by atoms with Crippen LogP contribution in [0.4, 0.5) is 0 Å². The summed E-state index contributed by atoms with van der Waals surface area (Å²) in [6.07, 6.45) is 4.49. The van der Waals surface area contributed by atoms with E-state index in [0.717, 1.165) is 32.0 Å². The molecule has 1 atom stereocenters. The van der Waals surface area contributed by atoms with Crippen molar-refractivity contribution < 1.29 is 19.4 Å². The summed E-state index contributed by atoms with van der Waals surface area (Å²) >= 11 is 0. The maximum atomic E-state index is 10.8. The molecule has 0 saturated heterocycles. The first kappa shape index (κ1) is 14.1. The fourth-order valence-electron chi connectivity index (χ4n) is 1.21. The fraction of sp³-hybridized carbons (Fsp3) is 0.818. The minimum absolute atomic E-state index is 0.493. The van der Waals surface area contributed by atoms with E-state index in [2.05, 4.69) is 0 Å². The van der Waals surface area contributed by atoms with Gasteiger partial charge in [-0.15, -0.1) is 0 Å². The molecule has 0 saturated carbocycles. The van der Waals surface area contributed by atoms with Gasteiger partial charge in [0.05, 0.1) is 0 Å². The number of ether oxygens (including phenoxy) is 1. The van der Waals surface area contributed by atoms with Crippen LogP contribution in [0.5, 0.6) is 0 Å². The standard InChI is InChI=1S/C11H20O4/c1-2-3-9-15-10(11(13)14)7-5-4-6-8-12/h8,10H,2-7,9H2,1H3,(H,13,14). The van der Waals surface area contributed by atoms with E-state index in [1.165, 1.54) is 0 Å². The molecule has 0 bridgehead atoms. The van der Waals surface area contributed by atoms with E-state index < -0.39 is 12.1 Å². The van der Waals surface area contributed by atoms with Crippen molar-refractivity contribution in [1.82, 2.24) is 0 Å². The van der Waals surface area contributed by atoms with Crippen LogP contribution in [-0.4, -0.2) is 30.1 Å². The van der Waals surface area contributed by atoms with Crippen LogP contribution in [0.3, 0.4) is 0 Å². The Morgan fingerprint density at radius 3 is 2.67 bits per heavy atom. The van der Waals surface area contributed by atoms with Gasteiger partial charge >= 0.3 is 5.97 Å². The summed E-state index contributed by atoms with van der Waals surface area (Å²) in [6, 6.07) is 0. The molecule has 0 amide bonds. The molecule has 1 N–H and O–H groups in total. The first-order chi connectivity index (χ1) is 7.22. The smallest absolute Gasteiger partial charge is 0.332 e. The van der Waals surface area contributed by atoms with Crippen LogP contribution in [0.1, 0.15) is 45.4 Å². The van der Waals surface area contributed by atoms with Crippen LogP contribution >= 0.6 is 0 Å². The highest BCUT2D eigenvalue weighted by Crippen LogP contribution is 2.07. The minimum Gasteiger partial charge on any atom is -0.479 e. The topological polar surface area (TPSA) is 63.6 Å². The number of hydrogen-bond donors (Lipinski definition) is 1. The summed E-state index contributed by atoms with van der Waals surface area (Å²) in [5, 5.41) is 8.83. The highest BCUT2D eigenvalue weighted by atomic mass is 16.5. The Bertz CT molecular complexity index is 179. The normalized spacial score (nSPS) is 12.3. The lowest BCUT2D eigenvalue weighted by Gasteiger charge is -2.12. The predicted molar refractivity (Wildman–Crippen MR) is 56.8 cm³/mol.